The molecule has 2 aromatic carbocycles. The zero-order valence-corrected chi connectivity index (χ0v) is 26.9. The highest BCUT2D eigenvalue weighted by molar-refractivity contribution is 6.05. The molecule has 3 fully saturated rings. The molecule has 14 heteroatoms. The second kappa shape index (κ2) is 13.0. The number of amides is 3. The number of likely N-dealkylation sites (tertiary alicyclic amines) is 1. The lowest BCUT2D eigenvalue weighted by Gasteiger charge is -2.39. The molecule has 49 heavy (non-hydrogen) atoms. The Morgan fingerprint density at radius 2 is 1.63 bits per heavy atom. The van der Waals surface area contributed by atoms with E-state index in [9.17, 15) is 32.7 Å². The number of anilines is 2. The van der Waals surface area contributed by atoms with E-state index in [1.165, 1.54) is 10.5 Å². The van der Waals surface area contributed by atoms with E-state index in [4.69, 9.17) is 0 Å². The molecule has 258 valence electrons. The Balaban J connectivity index is 0.886. The highest BCUT2D eigenvalue weighted by Crippen LogP contribution is 2.37. The van der Waals surface area contributed by atoms with Crippen molar-refractivity contribution in [2.45, 2.75) is 75.5 Å². The maximum atomic E-state index is 13.1. The highest BCUT2D eigenvalue weighted by atomic mass is 19.4. The molecule has 3 aromatic rings. The first-order chi connectivity index (χ1) is 23.4. The van der Waals surface area contributed by atoms with Gasteiger partial charge in [0.25, 0.3) is 5.91 Å². The normalized spacial score (nSPS) is 21.9. The molecule has 3 amide bonds. The largest absolute Gasteiger partial charge is 0.419 e. The van der Waals surface area contributed by atoms with Crippen molar-refractivity contribution in [2.75, 3.05) is 36.4 Å². The monoisotopic (exact) mass is 677 g/mol. The van der Waals surface area contributed by atoms with Gasteiger partial charge in [-0.05, 0) is 67.0 Å². The molecule has 0 radical (unpaired) electrons. The maximum Gasteiger partial charge on any atom is 0.419 e. The molecule has 7 rings (SSSR count). The molecule has 4 aliphatic heterocycles. The van der Waals surface area contributed by atoms with Crippen LogP contribution in [0.3, 0.4) is 0 Å². The van der Waals surface area contributed by atoms with Gasteiger partial charge < -0.3 is 20.2 Å². The molecular formula is C35H38F3N7O4. The van der Waals surface area contributed by atoms with Crippen LogP contribution in [0.5, 0.6) is 0 Å². The van der Waals surface area contributed by atoms with Crippen LogP contribution in [0.1, 0.15) is 71.1 Å². The lowest BCUT2D eigenvalue weighted by Crippen LogP contribution is -2.52. The molecule has 0 saturated carbocycles. The summed E-state index contributed by atoms with van der Waals surface area (Å²) in [6.45, 7) is 4.05. The number of benzene rings is 2. The van der Waals surface area contributed by atoms with E-state index >= 15 is 0 Å². The minimum Gasteiger partial charge on any atom is -0.385 e. The molecular weight excluding hydrogens is 639 g/mol. The summed E-state index contributed by atoms with van der Waals surface area (Å²) in [4.78, 5) is 50.8. The standard InChI is InChI=1S/C35H38F3N7O4/c36-35(37,38)25-18-39-33(40-19-25)41-26-9-13-44(14-10-26)27-4-1-22(2-5-27)20-43-15-11-34(49,12-16-43)24-3-6-28-23(17-24)21-45(32(28)48)29-7-8-30(46)42-31(29)47/h1-6,17-19,26,29,49H,7-16,20-21H2,(H,39,40,41)(H,42,46,47). The smallest absolute Gasteiger partial charge is 0.385 e. The summed E-state index contributed by atoms with van der Waals surface area (Å²) in [6, 6.07) is 13.4. The molecule has 0 spiro atoms. The number of aromatic nitrogens is 2. The van der Waals surface area contributed by atoms with Gasteiger partial charge in [0.1, 0.15) is 6.04 Å². The summed E-state index contributed by atoms with van der Waals surface area (Å²) in [5.74, 6) is -0.782. The zero-order chi connectivity index (χ0) is 34.3. The Labute approximate surface area is 281 Å². The topological polar surface area (TPSA) is 131 Å². The van der Waals surface area contributed by atoms with Crippen LogP contribution in [0.2, 0.25) is 0 Å². The molecule has 1 atom stereocenters. The van der Waals surface area contributed by atoms with Gasteiger partial charge >= 0.3 is 6.18 Å². The predicted octanol–water partition coefficient (Wildman–Crippen LogP) is 3.82. The van der Waals surface area contributed by atoms with Crippen LogP contribution in [0.15, 0.2) is 54.9 Å². The summed E-state index contributed by atoms with van der Waals surface area (Å²) < 4.78 is 38.3. The molecule has 1 unspecified atom stereocenters. The van der Waals surface area contributed by atoms with Crippen LogP contribution in [0.25, 0.3) is 0 Å². The fourth-order valence-corrected chi connectivity index (χ4v) is 7.32. The Morgan fingerprint density at radius 3 is 2.29 bits per heavy atom. The lowest BCUT2D eigenvalue weighted by atomic mass is 9.83. The van der Waals surface area contributed by atoms with Crippen molar-refractivity contribution in [3.63, 3.8) is 0 Å². The highest BCUT2D eigenvalue weighted by Gasteiger charge is 2.41. The Bertz CT molecular complexity index is 1720. The number of rotatable bonds is 7. The van der Waals surface area contributed by atoms with Crippen molar-refractivity contribution in [1.29, 1.82) is 0 Å². The van der Waals surface area contributed by atoms with Crippen molar-refractivity contribution in [1.82, 2.24) is 25.1 Å². The van der Waals surface area contributed by atoms with Crippen LogP contribution in [-0.2, 0) is 34.5 Å². The average Bonchev–Trinajstić information content (AvgIpc) is 3.41. The van der Waals surface area contributed by atoms with E-state index in [2.05, 4.69) is 54.7 Å². The minimum atomic E-state index is -4.46. The number of halogens is 3. The van der Waals surface area contributed by atoms with E-state index < -0.39 is 29.3 Å². The molecule has 0 bridgehead atoms. The van der Waals surface area contributed by atoms with Crippen molar-refractivity contribution < 1.29 is 32.7 Å². The second-order valence-corrected chi connectivity index (χ2v) is 13.4. The van der Waals surface area contributed by atoms with Gasteiger partial charge in [-0.1, -0.05) is 24.3 Å². The van der Waals surface area contributed by atoms with Gasteiger partial charge in [0.05, 0.1) is 11.2 Å². The van der Waals surface area contributed by atoms with E-state index in [1.54, 1.807) is 6.07 Å². The van der Waals surface area contributed by atoms with E-state index in [0.29, 0.717) is 37.9 Å². The quantitative estimate of drug-likeness (QED) is 0.320. The molecule has 3 saturated heterocycles. The SMILES string of the molecule is O=C1CCC(N2Cc3cc(C4(O)CCN(Cc5ccc(N6CCC(Nc7ncc(C(F)(F)F)cn7)CC6)cc5)CC4)ccc3C2=O)C(=O)N1. The van der Waals surface area contributed by atoms with Crippen LogP contribution in [-0.4, -0.2) is 80.9 Å². The van der Waals surface area contributed by atoms with Gasteiger partial charge in [0.15, 0.2) is 0 Å². The van der Waals surface area contributed by atoms with E-state index in [0.717, 1.165) is 61.7 Å². The van der Waals surface area contributed by atoms with Gasteiger partial charge in [-0.15, -0.1) is 0 Å². The Hall–Kier alpha value is -4.56. The Kier molecular flexibility index (Phi) is 8.78. The number of imide groups is 1. The number of alkyl halides is 3. The molecule has 0 aliphatic carbocycles. The van der Waals surface area contributed by atoms with Crippen LogP contribution in [0.4, 0.5) is 24.8 Å². The molecule has 3 N–H and O–H groups in total. The number of carbonyl (C=O) groups is 3. The van der Waals surface area contributed by atoms with Crippen molar-refractivity contribution in [3.05, 3.63) is 82.7 Å². The number of aliphatic hydroxyl groups is 1. The maximum absolute atomic E-state index is 13.1. The number of nitrogens with one attached hydrogen (secondary N) is 2. The van der Waals surface area contributed by atoms with Crippen LogP contribution in [0, 0.1) is 0 Å². The summed E-state index contributed by atoms with van der Waals surface area (Å²) in [7, 11) is 0. The average molecular weight is 678 g/mol. The first-order valence-electron chi connectivity index (χ1n) is 16.7. The number of carbonyl (C=O) groups excluding carboxylic acids is 3. The van der Waals surface area contributed by atoms with Gasteiger partial charge in [-0.3, -0.25) is 24.6 Å². The minimum absolute atomic E-state index is 0.0804. The Morgan fingerprint density at radius 1 is 0.939 bits per heavy atom. The summed E-state index contributed by atoms with van der Waals surface area (Å²) in [6.07, 6.45) is 0.371. The molecule has 1 aromatic heterocycles. The fourth-order valence-electron chi connectivity index (χ4n) is 7.32. The number of hydrogen-bond donors (Lipinski definition) is 3. The third-order valence-electron chi connectivity index (χ3n) is 10.3. The second-order valence-electron chi connectivity index (χ2n) is 13.4. The first-order valence-corrected chi connectivity index (χ1v) is 16.7. The van der Waals surface area contributed by atoms with Gasteiger partial charge in [-0.2, -0.15) is 13.2 Å². The first kappa shape index (κ1) is 33.0. The summed E-state index contributed by atoms with van der Waals surface area (Å²) in [5.41, 5.74) is 2.51. The molecule has 4 aliphatic rings. The third-order valence-corrected chi connectivity index (χ3v) is 10.3. The van der Waals surface area contributed by atoms with E-state index in [1.807, 2.05) is 12.1 Å². The van der Waals surface area contributed by atoms with E-state index in [-0.39, 0.29) is 36.8 Å². The summed E-state index contributed by atoms with van der Waals surface area (Å²) >= 11 is 0. The van der Waals surface area contributed by atoms with Crippen molar-refractivity contribution in [3.8, 4) is 0 Å². The lowest BCUT2D eigenvalue weighted by molar-refractivity contribution is -0.138. The van der Waals surface area contributed by atoms with Crippen molar-refractivity contribution in [2.24, 2.45) is 0 Å². The van der Waals surface area contributed by atoms with Crippen LogP contribution >= 0.6 is 0 Å². The van der Waals surface area contributed by atoms with Gasteiger partial charge in [0, 0.05) is 75.4 Å². The molecule has 11 nitrogen and oxygen atoms in total. The fraction of sp³-hybridized carbons (Fsp3) is 0.457. The summed E-state index contributed by atoms with van der Waals surface area (Å²) in [5, 5.41) is 17.1. The van der Waals surface area contributed by atoms with Crippen molar-refractivity contribution >= 4 is 29.4 Å². The number of nitrogens with zero attached hydrogens (tertiary/aromatic N) is 5. The third kappa shape index (κ3) is 6.97. The van der Waals surface area contributed by atoms with Crippen LogP contribution < -0.4 is 15.5 Å². The number of fused-ring (bicyclic) bond motifs is 1. The molecule has 5 heterocycles. The number of piperidine rings is 3. The number of hydrogen-bond acceptors (Lipinski definition) is 9. The predicted molar refractivity (Wildman–Crippen MR) is 173 cm³/mol. The zero-order valence-electron chi connectivity index (χ0n) is 26.9. The van der Waals surface area contributed by atoms with Gasteiger partial charge in [0.2, 0.25) is 17.8 Å². The van der Waals surface area contributed by atoms with Gasteiger partial charge in [-0.25, -0.2) is 9.97 Å².